The Hall–Kier alpha value is -2.91. The van der Waals surface area contributed by atoms with Crippen LogP contribution in [0, 0.1) is 11.3 Å². The molecule has 1 amide bonds. The summed E-state index contributed by atoms with van der Waals surface area (Å²) in [5.41, 5.74) is 2.76. The molecule has 23 heavy (non-hydrogen) atoms. The van der Waals surface area contributed by atoms with Crippen LogP contribution < -0.4 is 5.32 Å². The second kappa shape index (κ2) is 6.46. The molecule has 1 aromatic carbocycles. The lowest BCUT2D eigenvalue weighted by atomic mass is 10.1. The normalized spacial score (nSPS) is 10.3. The summed E-state index contributed by atoms with van der Waals surface area (Å²) >= 11 is 1.63. The van der Waals surface area contributed by atoms with Gasteiger partial charge in [0.05, 0.1) is 28.7 Å². The van der Waals surface area contributed by atoms with E-state index < -0.39 is 0 Å². The molecule has 2 aromatic heterocycles. The molecule has 3 rings (SSSR count). The highest BCUT2D eigenvalue weighted by Gasteiger charge is 2.10. The van der Waals surface area contributed by atoms with Crippen molar-refractivity contribution in [2.24, 2.45) is 7.05 Å². The van der Waals surface area contributed by atoms with Crippen molar-refractivity contribution >= 4 is 17.2 Å². The Kier molecular flexibility index (Phi) is 4.22. The van der Waals surface area contributed by atoms with Crippen LogP contribution in [0.15, 0.2) is 47.8 Å². The van der Waals surface area contributed by atoms with Gasteiger partial charge in [-0.3, -0.25) is 9.48 Å². The number of nitriles is 1. The predicted octanol–water partition coefficient (Wildman–Crippen LogP) is 2.95. The summed E-state index contributed by atoms with van der Waals surface area (Å²) < 4.78 is 1.76. The molecule has 0 aliphatic carbocycles. The quantitative estimate of drug-likeness (QED) is 0.803. The lowest BCUT2D eigenvalue weighted by molar-refractivity contribution is 0.0950. The summed E-state index contributed by atoms with van der Waals surface area (Å²) in [6, 6.07) is 14.6. The van der Waals surface area contributed by atoms with Crippen LogP contribution in [0.25, 0.3) is 10.6 Å². The van der Waals surface area contributed by atoms with Crippen LogP contribution in [0.4, 0.5) is 0 Å². The van der Waals surface area contributed by atoms with Crippen LogP contribution in [0.1, 0.15) is 21.6 Å². The van der Waals surface area contributed by atoms with Gasteiger partial charge in [0.1, 0.15) is 5.69 Å². The number of rotatable bonds is 4. The van der Waals surface area contributed by atoms with Crippen LogP contribution in [0.3, 0.4) is 0 Å². The number of aryl methyl sites for hydroxylation is 1. The number of nitrogens with one attached hydrogen (secondary N) is 1. The second-order valence-electron chi connectivity index (χ2n) is 5.00. The molecule has 0 spiro atoms. The number of thiophene rings is 1. The summed E-state index contributed by atoms with van der Waals surface area (Å²) in [6.45, 7) is 0.379. The smallest absolute Gasteiger partial charge is 0.251 e. The van der Waals surface area contributed by atoms with Gasteiger partial charge in [0.2, 0.25) is 0 Å². The maximum Gasteiger partial charge on any atom is 0.251 e. The van der Waals surface area contributed by atoms with Crippen molar-refractivity contribution < 1.29 is 4.79 Å². The number of benzene rings is 1. The Morgan fingerprint density at radius 3 is 2.96 bits per heavy atom. The number of hydrogen-bond donors (Lipinski definition) is 1. The first-order valence-electron chi connectivity index (χ1n) is 7.02. The summed E-state index contributed by atoms with van der Waals surface area (Å²) in [4.78, 5) is 13.3. The molecular formula is C17H14N4OS. The minimum Gasteiger partial charge on any atom is -0.346 e. The molecule has 0 atom stereocenters. The van der Waals surface area contributed by atoms with E-state index in [0.29, 0.717) is 17.7 Å². The molecule has 0 saturated heterocycles. The molecule has 0 radical (unpaired) electrons. The minimum atomic E-state index is -0.207. The number of hydrogen-bond acceptors (Lipinski definition) is 4. The van der Waals surface area contributed by atoms with E-state index in [1.807, 2.05) is 36.7 Å². The van der Waals surface area contributed by atoms with Crippen LogP contribution in [-0.4, -0.2) is 15.7 Å². The van der Waals surface area contributed by atoms with Gasteiger partial charge in [-0.05, 0) is 35.7 Å². The van der Waals surface area contributed by atoms with Crippen molar-refractivity contribution in [1.29, 1.82) is 5.26 Å². The molecule has 5 nitrogen and oxygen atoms in total. The van der Waals surface area contributed by atoms with Gasteiger partial charge in [-0.2, -0.15) is 10.4 Å². The molecule has 3 aromatic rings. The maximum atomic E-state index is 12.2. The van der Waals surface area contributed by atoms with Crippen molar-refractivity contribution in [3.63, 3.8) is 0 Å². The third-order valence-electron chi connectivity index (χ3n) is 3.43. The molecule has 0 aliphatic heterocycles. The minimum absolute atomic E-state index is 0.207. The van der Waals surface area contributed by atoms with E-state index in [0.717, 1.165) is 16.3 Å². The average Bonchev–Trinajstić information content (AvgIpc) is 3.22. The average molecular weight is 322 g/mol. The second-order valence-corrected chi connectivity index (χ2v) is 5.94. The standard InChI is InChI=1S/C17H14N4OS/c1-21-14(9-15(20-21)16-6-3-7-23-16)11-19-17(22)13-5-2-4-12(8-13)10-18/h2-9H,11H2,1H3,(H,19,22). The van der Waals surface area contributed by atoms with Gasteiger partial charge < -0.3 is 5.32 Å². The molecule has 1 N–H and O–H groups in total. The van der Waals surface area contributed by atoms with Gasteiger partial charge in [0.25, 0.3) is 5.91 Å². The SMILES string of the molecule is Cn1nc(-c2cccs2)cc1CNC(=O)c1cccc(C#N)c1. The number of carbonyl (C=O) groups excluding carboxylic acids is 1. The fraction of sp³-hybridized carbons (Fsp3) is 0.118. The van der Waals surface area contributed by atoms with Crippen molar-refractivity contribution in [2.75, 3.05) is 0 Å². The van der Waals surface area contributed by atoms with Gasteiger partial charge in [0.15, 0.2) is 0 Å². The highest BCUT2D eigenvalue weighted by atomic mass is 32.1. The Morgan fingerprint density at radius 1 is 1.35 bits per heavy atom. The zero-order valence-electron chi connectivity index (χ0n) is 12.5. The van der Waals surface area contributed by atoms with Crippen molar-refractivity contribution in [3.05, 3.63) is 64.7 Å². The number of nitrogens with zero attached hydrogens (tertiary/aromatic N) is 3. The molecule has 0 fully saturated rings. The van der Waals surface area contributed by atoms with Crippen LogP contribution >= 0.6 is 11.3 Å². The Bertz CT molecular complexity index is 874. The van der Waals surface area contributed by atoms with Gasteiger partial charge in [0, 0.05) is 12.6 Å². The summed E-state index contributed by atoms with van der Waals surface area (Å²) in [7, 11) is 1.86. The Morgan fingerprint density at radius 2 is 2.22 bits per heavy atom. The molecule has 0 saturated carbocycles. The Labute approximate surface area is 137 Å². The third-order valence-corrected chi connectivity index (χ3v) is 4.33. The van der Waals surface area contributed by atoms with E-state index in [1.54, 1.807) is 40.3 Å². The number of carbonyl (C=O) groups is 1. The molecule has 0 aliphatic rings. The first-order valence-corrected chi connectivity index (χ1v) is 7.90. The molecule has 6 heteroatoms. The van der Waals surface area contributed by atoms with Crippen molar-refractivity contribution in [1.82, 2.24) is 15.1 Å². The summed E-state index contributed by atoms with van der Waals surface area (Å²) in [6.07, 6.45) is 0. The van der Waals surface area contributed by atoms with Gasteiger partial charge >= 0.3 is 0 Å². The molecule has 2 heterocycles. The van der Waals surface area contributed by atoms with Crippen molar-refractivity contribution in [3.8, 4) is 16.6 Å². The summed E-state index contributed by atoms with van der Waals surface area (Å²) in [5, 5.41) is 18.2. The van der Waals surface area contributed by atoms with E-state index in [2.05, 4.69) is 10.4 Å². The van der Waals surface area contributed by atoms with Gasteiger partial charge in [-0.1, -0.05) is 12.1 Å². The first kappa shape index (κ1) is 15.0. The predicted molar refractivity (Wildman–Crippen MR) is 88.8 cm³/mol. The molecule has 0 unspecified atom stereocenters. The van der Waals surface area contributed by atoms with Gasteiger partial charge in [-0.15, -0.1) is 11.3 Å². The molecule has 0 bridgehead atoms. The fourth-order valence-electron chi connectivity index (χ4n) is 2.22. The highest BCUT2D eigenvalue weighted by molar-refractivity contribution is 7.13. The number of amides is 1. The number of aromatic nitrogens is 2. The molecular weight excluding hydrogens is 308 g/mol. The maximum absolute atomic E-state index is 12.2. The van der Waals surface area contributed by atoms with E-state index in [-0.39, 0.29) is 5.91 Å². The highest BCUT2D eigenvalue weighted by Crippen LogP contribution is 2.23. The largest absolute Gasteiger partial charge is 0.346 e. The summed E-state index contributed by atoms with van der Waals surface area (Å²) in [5.74, 6) is -0.207. The zero-order valence-corrected chi connectivity index (χ0v) is 13.3. The van der Waals surface area contributed by atoms with Crippen LogP contribution in [-0.2, 0) is 13.6 Å². The molecule has 114 valence electrons. The van der Waals surface area contributed by atoms with E-state index in [9.17, 15) is 4.79 Å². The lowest BCUT2D eigenvalue weighted by Crippen LogP contribution is -2.24. The van der Waals surface area contributed by atoms with Crippen molar-refractivity contribution in [2.45, 2.75) is 6.54 Å². The fourth-order valence-corrected chi connectivity index (χ4v) is 2.90. The van der Waals surface area contributed by atoms with E-state index in [4.69, 9.17) is 5.26 Å². The topological polar surface area (TPSA) is 70.7 Å². The van der Waals surface area contributed by atoms with Crippen LogP contribution in [0.5, 0.6) is 0 Å². The lowest BCUT2D eigenvalue weighted by Gasteiger charge is -2.05. The van der Waals surface area contributed by atoms with E-state index in [1.165, 1.54) is 0 Å². The third kappa shape index (κ3) is 3.30. The first-order chi connectivity index (χ1) is 11.2. The van der Waals surface area contributed by atoms with Gasteiger partial charge in [-0.25, -0.2) is 0 Å². The van der Waals surface area contributed by atoms with E-state index >= 15 is 0 Å². The Balaban J connectivity index is 1.71. The monoisotopic (exact) mass is 322 g/mol. The van der Waals surface area contributed by atoms with Crippen LogP contribution in [0.2, 0.25) is 0 Å². The zero-order chi connectivity index (χ0) is 16.2.